The molecule has 2 amide bonds. The second kappa shape index (κ2) is 52.5. The van der Waals surface area contributed by atoms with Gasteiger partial charge in [0.15, 0.2) is 12.6 Å². The molecule has 7 N–H and O–H groups in total. The number of aliphatic hydroxyl groups is 1. The lowest BCUT2D eigenvalue weighted by Crippen LogP contribution is -2.67. The Hall–Kier alpha value is -1.75. The monoisotopic (exact) mass is 1310 g/mol. The van der Waals surface area contributed by atoms with Gasteiger partial charge in [0, 0.05) is 40.3 Å². The minimum Gasteiger partial charge on any atom is -0.388 e. The number of ketones is 1. The van der Waals surface area contributed by atoms with Crippen LogP contribution < -0.4 is 10.6 Å². The van der Waals surface area contributed by atoms with Gasteiger partial charge in [-0.3, -0.25) is 23.4 Å². The van der Waals surface area contributed by atoms with Gasteiger partial charge in [0.05, 0.1) is 25.7 Å². The van der Waals surface area contributed by atoms with Crippen LogP contribution in [0.5, 0.6) is 0 Å². The van der Waals surface area contributed by atoms with Crippen molar-refractivity contribution < 1.29 is 90.4 Å². The summed E-state index contributed by atoms with van der Waals surface area (Å²) >= 11 is 0. The fraction of sp³-hybridized carbons (Fsp3) is 0.924. The van der Waals surface area contributed by atoms with Crippen LogP contribution in [0.3, 0.4) is 0 Å². The first kappa shape index (κ1) is 83.3. The molecule has 0 aromatic rings. The maximum absolute atomic E-state index is 14.1. The molecule has 11 atom stereocenters. The standard InChI is InChI=1S/C66H126N2O19P2/c1-7-11-15-19-22-25-26-27-28-29-30-32-34-38-42-46-57(70)67-60-64(82-49-47-54(80-6)45-41-36-18-14-10-4)62(86-88(73,74)75)56(51-79-5)85-65(60)83-52-55-61(72)63(81-48-43-39-35-24-21-17-13-9-3)59(66(84-55)87-89(76,77)78)68-58(71)50-53(69)44-40-37-33-31-23-20-16-12-8-2/h25-26,54-56,59-66,72H,7-24,27-52H2,1-6H3,(H,67,70)(H,68,71)(H2,73,74,75)(H2,76,77,78)/b26-25-/t54-,55-,56-,59-,60-,61-,62-,63-,64+,65-,66-/m1/s1. The zero-order chi connectivity index (χ0) is 65.4. The molecule has 89 heavy (non-hydrogen) atoms. The molecule has 0 unspecified atom stereocenters. The van der Waals surface area contributed by atoms with Gasteiger partial charge in [0.25, 0.3) is 0 Å². The molecule has 2 rings (SSSR count). The number of nitrogens with one attached hydrogen (secondary N) is 2. The van der Waals surface area contributed by atoms with Crippen LogP contribution in [-0.2, 0) is 65.7 Å². The number of amides is 2. The second-order valence-electron chi connectivity index (χ2n) is 24.8. The highest BCUT2D eigenvalue weighted by Gasteiger charge is 2.53. The summed E-state index contributed by atoms with van der Waals surface area (Å²) in [5.41, 5.74) is 0. The van der Waals surface area contributed by atoms with Crippen LogP contribution in [0.4, 0.5) is 0 Å². The van der Waals surface area contributed by atoms with Crippen LogP contribution in [0.25, 0.3) is 0 Å². The highest BCUT2D eigenvalue weighted by Crippen LogP contribution is 2.44. The van der Waals surface area contributed by atoms with Gasteiger partial charge in [0.2, 0.25) is 11.8 Å². The molecule has 0 spiro atoms. The largest absolute Gasteiger partial charge is 0.472 e. The topological polar surface area (TPSA) is 294 Å². The summed E-state index contributed by atoms with van der Waals surface area (Å²) < 4.78 is 79.3. The van der Waals surface area contributed by atoms with E-state index in [0.717, 1.165) is 161 Å². The summed E-state index contributed by atoms with van der Waals surface area (Å²) in [5, 5.41) is 17.9. The molecule has 2 saturated heterocycles. The van der Waals surface area contributed by atoms with Crippen molar-refractivity contribution in [1.82, 2.24) is 10.6 Å². The van der Waals surface area contributed by atoms with E-state index in [9.17, 15) is 48.2 Å². The van der Waals surface area contributed by atoms with Gasteiger partial charge >= 0.3 is 15.6 Å². The van der Waals surface area contributed by atoms with Crippen molar-refractivity contribution >= 4 is 33.2 Å². The molecule has 2 aliphatic heterocycles. The molecule has 2 aliphatic rings. The predicted molar refractivity (Wildman–Crippen MR) is 347 cm³/mol. The van der Waals surface area contributed by atoms with Crippen LogP contribution in [-0.4, -0.2) is 150 Å². The maximum atomic E-state index is 14.1. The summed E-state index contributed by atoms with van der Waals surface area (Å²) in [6, 6.07) is -2.84. The molecule has 2 fully saturated rings. The Labute approximate surface area is 536 Å². The number of unbranched alkanes of at least 4 members (excludes halogenated alkanes) is 30. The number of rotatable bonds is 59. The second-order valence-corrected chi connectivity index (χ2v) is 27.2. The minimum atomic E-state index is -5.39. The molecule has 23 heteroatoms. The van der Waals surface area contributed by atoms with Crippen molar-refractivity contribution in [2.24, 2.45) is 0 Å². The number of allylic oxidation sites excluding steroid dienone is 2. The molecule has 0 aromatic carbocycles. The third-order valence-corrected chi connectivity index (χ3v) is 17.8. The predicted octanol–water partition coefficient (Wildman–Crippen LogP) is 13.6. The number of hydrogen-bond donors (Lipinski definition) is 7. The van der Waals surface area contributed by atoms with E-state index in [1.807, 2.05) is 0 Å². The zero-order valence-electron chi connectivity index (χ0n) is 56.0. The third kappa shape index (κ3) is 41.0. The zero-order valence-corrected chi connectivity index (χ0v) is 57.8. The lowest BCUT2D eigenvalue weighted by molar-refractivity contribution is -0.301. The van der Waals surface area contributed by atoms with E-state index in [-0.39, 0.29) is 44.5 Å². The van der Waals surface area contributed by atoms with Crippen molar-refractivity contribution in [2.75, 3.05) is 40.6 Å². The Balaban J connectivity index is 2.45. The van der Waals surface area contributed by atoms with E-state index in [1.54, 1.807) is 7.11 Å². The van der Waals surface area contributed by atoms with Gasteiger partial charge in [-0.05, 0) is 57.8 Å². The fourth-order valence-electron chi connectivity index (χ4n) is 11.7. The Kier molecular flexibility index (Phi) is 49.2. The van der Waals surface area contributed by atoms with E-state index in [1.165, 1.54) is 58.5 Å². The number of phosphoric ester groups is 2. The SMILES string of the molecule is CCCCCC/C=C\CCCCCCCCCC(=O)N[C@H]1[C@H](OC[C@H]2O[C@H](OP(=O)(O)O)[C@H](NC(=O)CC(=O)CCCCCCCCCCC)[C@@H](OCCCCCCCCCC)[C@@H]2O)O[C@H](COC)[C@@H](OP(=O)(O)O)[C@H]1OCC[C@@H](CCCCCCC)OC. The summed E-state index contributed by atoms with van der Waals surface area (Å²) in [6.07, 6.45) is 29.6. The molecule has 0 aromatic heterocycles. The fourth-order valence-corrected chi connectivity index (χ4v) is 12.7. The molecule has 524 valence electrons. The van der Waals surface area contributed by atoms with Gasteiger partial charge in [-0.25, -0.2) is 9.13 Å². The Morgan fingerprint density at radius 2 is 0.921 bits per heavy atom. The van der Waals surface area contributed by atoms with Crippen molar-refractivity contribution in [2.45, 2.75) is 352 Å². The highest BCUT2D eigenvalue weighted by molar-refractivity contribution is 7.46. The van der Waals surface area contributed by atoms with E-state index in [0.29, 0.717) is 25.7 Å². The molecule has 0 aliphatic carbocycles. The Morgan fingerprint density at radius 1 is 0.472 bits per heavy atom. The van der Waals surface area contributed by atoms with Crippen LogP contribution in [0, 0.1) is 0 Å². The number of carbonyl (C=O) groups excluding carboxylic acids is 3. The maximum Gasteiger partial charge on any atom is 0.472 e. The number of hydrogen-bond acceptors (Lipinski definition) is 15. The third-order valence-electron chi connectivity index (χ3n) is 16.8. The first-order valence-electron chi connectivity index (χ1n) is 35.0. The van der Waals surface area contributed by atoms with E-state index in [2.05, 4.69) is 50.5 Å². The van der Waals surface area contributed by atoms with Gasteiger partial charge in [0.1, 0.15) is 54.5 Å². The highest BCUT2D eigenvalue weighted by atomic mass is 31.2. The first-order valence-corrected chi connectivity index (χ1v) is 38.1. The van der Waals surface area contributed by atoms with Crippen molar-refractivity contribution in [3.05, 3.63) is 12.2 Å². The van der Waals surface area contributed by atoms with Crippen molar-refractivity contribution in [3.8, 4) is 0 Å². The van der Waals surface area contributed by atoms with E-state index < -0.39 is 102 Å². The molecular formula is C66H126N2O19P2. The number of carbonyl (C=O) groups is 3. The summed E-state index contributed by atoms with van der Waals surface area (Å²) in [7, 11) is -7.69. The molecule has 2 heterocycles. The van der Waals surface area contributed by atoms with Gasteiger partial charge in [-0.15, -0.1) is 0 Å². The molecule has 0 saturated carbocycles. The Morgan fingerprint density at radius 3 is 1.45 bits per heavy atom. The van der Waals surface area contributed by atoms with E-state index >= 15 is 0 Å². The summed E-state index contributed by atoms with van der Waals surface area (Å²) in [5.74, 6) is -1.52. The number of phosphoric acid groups is 2. The molecule has 21 nitrogen and oxygen atoms in total. The smallest absolute Gasteiger partial charge is 0.388 e. The summed E-state index contributed by atoms with van der Waals surface area (Å²) in [4.78, 5) is 82.2. The van der Waals surface area contributed by atoms with Crippen molar-refractivity contribution in [1.29, 1.82) is 0 Å². The Bertz CT molecular complexity index is 1900. The number of Topliss-reactive ketones (excluding diaryl/α,β-unsaturated/α-hetero) is 1. The number of methoxy groups -OCH3 is 2. The van der Waals surface area contributed by atoms with Gasteiger partial charge in [-0.1, -0.05) is 220 Å². The summed E-state index contributed by atoms with van der Waals surface area (Å²) in [6.45, 7) is 7.91. The quantitative estimate of drug-likeness (QED) is 0.0129. The average molecular weight is 1310 g/mol. The van der Waals surface area contributed by atoms with E-state index in [4.69, 9.17) is 42.2 Å². The van der Waals surface area contributed by atoms with Crippen LogP contribution in [0.15, 0.2) is 12.2 Å². The average Bonchev–Trinajstić information content (AvgIpc) is 0.966. The number of aliphatic hydroxyl groups excluding tert-OH is 1. The van der Waals surface area contributed by atoms with Crippen LogP contribution in [0.1, 0.15) is 285 Å². The first-order chi connectivity index (χ1) is 42.9. The molecular weight excluding hydrogens is 1190 g/mol. The molecule has 0 radical (unpaired) electrons. The lowest BCUT2D eigenvalue weighted by Gasteiger charge is -2.47. The van der Waals surface area contributed by atoms with Gasteiger partial charge in [-0.2, -0.15) is 0 Å². The van der Waals surface area contributed by atoms with Crippen molar-refractivity contribution in [3.63, 3.8) is 0 Å². The van der Waals surface area contributed by atoms with Gasteiger partial charge < -0.3 is 68.5 Å². The minimum absolute atomic E-state index is 0.00889. The lowest BCUT2D eigenvalue weighted by atomic mass is 9.95. The van der Waals surface area contributed by atoms with Crippen LogP contribution in [0.2, 0.25) is 0 Å². The molecule has 0 bridgehead atoms. The normalized spacial score (nSPS) is 22.9. The number of ether oxygens (including phenoxy) is 7. The van der Waals surface area contributed by atoms with Crippen LogP contribution >= 0.6 is 15.6 Å².